The monoisotopic (exact) mass is 371 g/mol. The van der Waals surface area contributed by atoms with Crippen LogP contribution in [0.2, 0.25) is 0 Å². The number of nitrogens with zero attached hydrogens (tertiary/aromatic N) is 2. The van der Waals surface area contributed by atoms with Gasteiger partial charge in [-0.15, -0.1) is 24.8 Å². The summed E-state index contributed by atoms with van der Waals surface area (Å²) in [5.74, 6) is 0.0136. The van der Waals surface area contributed by atoms with Crippen LogP contribution in [0.1, 0.15) is 33.1 Å². The summed E-state index contributed by atoms with van der Waals surface area (Å²) in [4.78, 5) is 27.1. The lowest BCUT2D eigenvalue weighted by Crippen LogP contribution is -2.46. The third kappa shape index (κ3) is 9.20. The van der Waals surface area contributed by atoms with Gasteiger partial charge in [0.2, 0.25) is 5.91 Å². The molecule has 1 heterocycles. The van der Waals surface area contributed by atoms with E-state index in [4.69, 9.17) is 11.5 Å². The first-order valence-electron chi connectivity index (χ1n) is 7.73. The van der Waals surface area contributed by atoms with Crippen molar-refractivity contribution in [2.45, 2.75) is 45.2 Å². The summed E-state index contributed by atoms with van der Waals surface area (Å²) in [6.45, 7) is 8.25. The quantitative estimate of drug-likeness (QED) is 0.592. The molecule has 1 atom stereocenters. The van der Waals surface area contributed by atoms with Crippen LogP contribution in [-0.4, -0.2) is 66.5 Å². The predicted molar refractivity (Wildman–Crippen MR) is 97.2 cm³/mol. The number of amides is 3. The molecule has 1 rings (SSSR count). The third-order valence-electron chi connectivity index (χ3n) is 3.88. The summed E-state index contributed by atoms with van der Waals surface area (Å²) < 4.78 is 0. The van der Waals surface area contributed by atoms with E-state index >= 15 is 0 Å². The molecule has 0 radical (unpaired) electrons. The van der Waals surface area contributed by atoms with Gasteiger partial charge in [-0.05, 0) is 33.1 Å². The Morgan fingerprint density at radius 2 is 1.78 bits per heavy atom. The van der Waals surface area contributed by atoms with E-state index in [0.29, 0.717) is 25.4 Å². The Kier molecular flexibility index (Phi) is 13.5. The number of hydrogen-bond donors (Lipinski definition) is 3. The molecule has 0 bridgehead atoms. The molecule has 1 aliphatic heterocycles. The van der Waals surface area contributed by atoms with E-state index in [9.17, 15) is 9.59 Å². The molecule has 0 spiro atoms. The van der Waals surface area contributed by atoms with E-state index < -0.39 is 12.1 Å². The molecule has 1 fully saturated rings. The summed E-state index contributed by atoms with van der Waals surface area (Å²) in [5.41, 5.74) is 10.9. The van der Waals surface area contributed by atoms with Crippen LogP contribution in [0.5, 0.6) is 0 Å². The van der Waals surface area contributed by atoms with Gasteiger partial charge in [0.25, 0.3) is 0 Å². The first kappa shape index (κ1) is 24.5. The molecule has 0 unspecified atom stereocenters. The molecule has 5 N–H and O–H groups in total. The lowest BCUT2D eigenvalue weighted by atomic mass is 10.1. The molecule has 7 nitrogen and oxygen atoms in total. The third-order valence-corrected chi connectivity index (χ3v) is 3.88. The topological polar surface area (TPSA) is 105 Å². The van der Waals surface area contributed by atoms with Gasteiger partial charge in [-0.2, -0.15) is 0 Å². The second kappa shape index (κ2) is 12.6. The highest BCUT2D eigenvalue weighted by Gasteiger charge is 2.24. The second-order valence-electron chi connectivity index (χ2n) is 5.85. The van der Waals surface area contributed by atoms with Crippen molar-refractivity contribution >= 4 is 36.8 Å². The molecular weight excluding hydrogens is 341 g/mol. The van der Waals surface area contributed by atoms with Crippen LogP contribution < -0.4 is 16.8 Å². The van der Waals surface area contributed by atoms with Crippen LogP contribution >= 0.6 is 24.8 Å². The van der Waals surface area contributed by atoms with Gasteiger partial charge in [0.15, 0.2) is 0 Å². The van der Waals surface area contributed by atoms with Crippen LogP contribution in [0.4, 0.5) is 4.79 Å². The number of rotatable bonds is 6. The highest BCUT2D eigenvalue weighted by Crippen LogP contribution is 2.09. The zero-order valence-electron chi connectivity index (χ0n) is 14.0. The van der Waals surface area contributed by atoms with E-state index in [1.165, 1.54) is 0 Å². The van der Waals surface area contributed by atoms with Crippen LogP contribution in [-0.2, 0) is 4.79 Å². The number of halogens is 2. The Morgan fingerprint density at radius 1 is 1.13 bits per heavy atom. The van der Waals surface area contributed by atoms with Gasteiger partial charge < -0.3 is 21.7 Å². The summed E-state index contributed by atoms with van der Waals surface area (Å²) in [7, 11) is 0. The van der Waals surface area contributed by atoms with E-state index in [0.717, 1.165) is 32.6 Å². The van der Waals surface area contributed by atoms with E-state index in [-0.39, 0.29) is 30.7 Å². The zero-order valence-corrected chi connectivity index (χ0v) is 15.6. The van der Waals surface area contributed by atoms with Crippen LogP contribution in [0.25, 0.3) is 0 Å². The maximum absolute atomic E-state index is 12.3. The molecule has 1 aliphatic rings. The van der Waals surface area contributed by atoms with Gasteiger partial charge >= 0.3 is 6.03 Å². The van der Waals surface area contributed by atoms with E-state index in [1.54, 1.807) is 0 Å². The van der Waals surface area contributed by atoms with Gasteiger partial charge in [-0.25, -0.2) is 4.79 Å². The Hall–Kier alpha value is -0.760. The van der Waals surface area contributed by atoms with Crippen molar-refractivity contribution in [1.82, 2.24) is 15.1 Å². The molecule has 0 aliphatic carbocycles. The Labute approximate surface area is 151 Å². The van der Waals surface area contributed by atoms with Gasteiger partial charge in [0.1, 0.15) is 0 Å². The molecule has 0 aromatic heterocycles. The van der Waals surface area contributed by atoms with Crippen molar-refractivity contribution in [3.05, 3.63) is 0 Å². The Morgan fingerprint density at radius 3 is 2.35 bits per heavy atom. The van der Waals surface area contributed by atoms with Crippen LogP contribution in [0.3, 0.4) is 0 Å². The first-order chi connectivity index (χ1) is 9.91. The van der Waals surface area contributed by atoms with Crippen molar-refractivity contribution in [2.75, 3.05) is 32.7 Å². The minimum atomic E-state index is -0.545. The minimum Gasteiger partial charge on any atom is -0.352 e. The van der Waals surface area contributed by atoms with E-state index in [2.05, 4.69) is 24.1 Å². The number of nitrogens with one attached hydrogen (secondary N) is 1. The normalized spacial score (nSPS) is 16.8. The van der Waals surface area contributed by atoms with Crippen LogP contribution in [0, 0.1) is 0 Å². The van der Waals surface area contributed by atoms with Gasteiger partial charge in [-0.1, -0.05) is 0 Å². The number of hydrogen-bond acceptors (Lipinski definition) is 4. The minimum absolute atomic E-state index is 0. The number of urea groups is 1. The average molecular weight is 372 g/mol. The van der Waals surface area contributed by atoms with E-state index in [1.807, 2.05) is 4.90 Å². The molecule has 0 aromatic carbocycles. The Balaban J connectivity index is 0. The number of primary amides is 1. The molecule has 138 valence electrons. The fourth-order valence-electron chi connectivity index (χ4n) is 2.57. The second-order valence-corrected chi connectivity index (χ2v) is 5.85. The summed E-state index contributed by atoms with van der Waals surface area (Å²) in [6.07, 6.45) is 2.20. The smallest absolute Gasteiger partial charge is 0.312 e. The van der Waals surface area contributed by atoms with Crippen molar-refractivity contribution in [3.8, 4) is 0 Å². The number of nitrogens with two attached hydrogens (primary N) is 2. The van der Waals surface area contributed by atoms with Crippen molar-refractivity contribution in [3.63, 3.8) is 0 Å². The summed E-state index contributed by atoms with van der Waals surface area (Å²) in [6, 6.07) is -0.532. The first-order valence-corrected chi connectivity index (χ1v) is 7.73. The lowest BCUT2D eigenvalue weighted by Gasteiger charge is -2.26. The molecule has 0 aromatic rings. The highest BCUT2D eigenvalue weighted by molar-refractivity contribution is 5.85. The SMILES string of the molecule is CC(C)N1CCCN(C(=O)[C@@H](N)CCCNC(N)=O)CC1.Cl.Cl. The lowest BCUT2D eigenvalue weighted by molar-refractivity contribution is -0.132. The largest absolute Gasteiger partial charge is 0.352 e. The van der Waals surface area contributed by atoms with Crippen molar-refractivity contribution in [2.24, 2.45) is 11.5 Å². The molecule has 1 saturated heterocycles. The average Bonchev–Trinajstić information content (AvgIpc) is 2.68. The fourth-order valence-corrected chi connectivity index (χ4v) is 2.57. The predicted octanol–water partition coefficient (Wildman–Crippen LogP) is 0.549. The Bertz CT molecular complexity index is 358. The number of carbonyl (C=O) groups is 2. The highest BCUT2D eigenvalue weighted by atomic mass is 35.5. The zero-order chi connectivity index (χ0) is 15.8. The number of carbonyl (C=O) groups excluding carboxylic acids is 2. The maximum atomic E-state index is 12.3. The van der Waals surface area contributed by atoms with Gasteiger partial charge in [0, 0.05) is 38.8 Å². The van der Waals surface area contributed by atoms with Crippen molar-refractivity contribution < 1.29 is 9.59 Å². The van der Waals surface area contributed by atoms with Crippen molar-refractivity contribution in [1.29, 1.82) is 0 Å². The molecule has 3 amide bonds. The molecule has 9 heteroatoms. The maximum Gasteiger partial charge on any atom is 0.312 e. The van der Waals surface area contributed by atoms with Gasteiger partial charge in [-0.3, -0.25) is 9.69 Å². The fraction of sp³-hybridized carbons (Fsp3) is 0.857. The molecular formula is C14H31Cl2N5O2. The standard InChI is InChI=1S/C14H29N5O2.2ClH/c1-11(2)18-7-4-8-19(10-9-18)13(20)12(15)5-3-6-17-14(16)21;;/h11-12H,3-10,15H2,1-2H3,(H3,16,17,21);2*1H/t12-;;/m0../s1. The van der Waals surface area contributed by atoms with Crippen LogP contribution in [0.15, 0.2) is 0 Å². The summed E-state index contributed by atoms with van der Waals surface area (Å²) in [5, 5.41) is 2.50. The summed E-state index contributed by atoms with van der Waals surface area (Å²) >= 11 is 0. The van der Waals surface area contributed by atoms with Gasteiger partial charge in [0.05, 0.1) is 6.04 Å². The molecule has 0 saturated carbocycles. The molecule has 23 heavy (non-hydrogen) atoms.